The van der Waals surface area contributed by atoms with Gasteiger partial charge < -0.3 is 0 Å². The molecule has 32 heavy (non-hydrogen) atoms. The van der Waals surface area contributed by atoms with Gasteiger partial charge in [-0.25, -0.2) is 0 Å². The molecule has 0 aromatic heterocycles. The SMILES string of the molecule is C[C](C)=[Zr+2].Cl.Cl.[CH3][Ge]([CH3])([CH3])[c]1c[cH-]c2ccccc12.[CH3][Ge]([CH3])([CH3])[c]1c[cH-]c2ccccc12. The van der Waals surface area contributed by atoms with E-state index in [1.165, 1.54) is 24.8 Å². The molecule has 0 amide bonds. The monoisotopic (exact) mass is 670 g/mol. The van der Waals surface area contributed by atoms with Gasteiger partial charge in [0.25, 0.3) is 0 Å². The van der Waals surface area contributed by atoms with Gasteiger partial charge in [-0.05, 0) is 0 Å². The van der Waals surface area contributed by atoms with Gasteiger partial charge in [0.1, 0.15) is 0 Å². The van der Waals surface area contributed by atoms with Crippen LogP contribution in [0.1, 0.15) is 13.8 Å². The molecule has 0 heterocycles. The van der Waals surface area contributed by atoms with Crippen LogP contribution in [0.4, 0.5) is 0 Å². The summed E-state index contributed by atoms with van der Waals surface area (Å²) in [5, 5.41) is 5.76. The molecule has 0 unspecified atom stereocenters. The molecule has 4 aromatic carbocycles. The maximum absolute atomic E-state index is 2.45. The van der Waals surface area contributed by atoms with Crippen molar-refractivity contribution in [2.45, 2.75) is 48.4 Å². The van der Waals surface area contributed by atoms with Gasteiger partial charge in [-0.3, -0.25) is 0 Å². The standard InChI is InChI=1S/2C12H15Ge.C3H6.2ClH.Zr/c2*1-13(2,3)12-9-8-10-6-4-5-7-11(10)12;1-3-2;;;/h2*4-9H,1-3H3;1-2H3;2*1H;/q2*-1;;;;+2. The van der Waals surface area contributed by atoms with Crippen LogP contribution in [0.5, 0.6) is 0 Å². The molecule has 0 aliphatic heterocycles. The molecular formula is C27H38Cl2Ge2Zr. The number of benzene rings is 2. The molecule has 4 aromatic rings. The second-order valence-electron chi connectivity index (χ2n) is 10.2. The van der Waals surface area contributed by atoms with Gasteiger partial charge in [-0.15, -0.1) is 24.8 Å². The number of hydrogen-bond donors (Lipinski definition) is 0. The Balaban J connectivity index is 0.000000490. The fourth-order valence-corrected chi connectivity index (χ4v) is 10.4. The van der Waals surface area contributed by atoms with Crippen molar-refractivity contribution in [1.29, 1.82) is 0 Å². The quantitative estimate of drug-likeness (QED) is 0.151. The third-order valence-corrected chi connectivity index (χ3v) is 13.6. The predicted molar refractivity (Wildman–Crippen MR) is 156 cm³/mol. The fourth-order valence-electron chi connectivity index (χ4n) is 3.61. The average Bonchev–Trinajstić information content (AvgIpc) is 3.25. The van der Waals surface area contributed by atoms with Gasteiger partial charge in [0, 0.05) is 0 Å². The van der Waals surface area contributed by atoms with Crippen LogP contribution < -0.4 is 8.79 Å². The zero-order chi connectivity index (χ0) is 22.5. The Morgan fingerprint density at radius 1 is 0.625 bits per heavy atom. The molecular weight excluding hydrogens is 632 g/mol. The van der Waals surface area contributed by atoms with Gasteiger partial charge in [0.2, 0.25) is 0 Å². The maximum atomic E-state index is 2.45. The van der Waals surface area contributed by atoms with Crippen molar-refractivity contribution >= 4 is 84.9 Å². The number of hydrogen-bond acceptors (Lipinski definition) is 0. The molecule has 0 nitrogen and oxygen atoms in total. The zero-order valence-electron chi connectivity index (χ0n) is 20.7. The average molecular weight is 670 g/mol. The summed E-state index contributed by atoms with van der Waals surface area (Å²) in [6, 6.07) is 26.6. The third-order valence-electron chi connectivity index (χ3n) is 4.98. The van der Waals surface area contributed by atoms with E-state index < -0.39 is 26.5 Å². The van der Waals surface area contributed by atoms with E-state index in [0.29, 0.717) is 0 Å². The van der Waals surface area contributed by atoms with Crippen molar-refractivity contribution in [3.8, 4) is 0 Å². The van der Waals surface area contributed by atoms with E-state index in [2.05, 4.69) is 121 Å². The van der Waals surface area contributed by atoms with Gasteiger partial charge in [-0.2, -0.15) is 0 Å². The van der Waals surface area contributed by atoms with Crippen molar-refractivity contribution in [3.63, 3.8) is 0 Å². The summed E-state index contributed by atoms with van der Waals surface area (Å²) in [6.07, 6.45) is 0. The Labute approximate surface area is 228 Å². The minimum atomic E-state index is -1.64. The van der Waals surface area contributed by atoms with E-state index >= 15 is 0 Å². The van der Waals surface area contributed by atoms with Crippen molar-refractivity contribution < 1.29 is 24.2 Å². The predicted octanol–water partition coefficient (Wildman–Crippen LogP) is 7.80. The molecule has 0 bridgehead atoms. The first-order valence-corrected chi connectivity index (χ1v) is 26.6. The Kier molecular flexibility index (Phi) is 13.9. The molecule has 0 fully saturated rings. The van der Waals surface area contributed by atoms with Crippen molar-refractivity contribution in [2.75, 3.05) is 0 Å². The number of halogens is 2. The molecule has 172 valence electrons. The number of rotatable bonds is 2. The van der Waals surface area contributed by atoms with Crippen molar-refractivity contribution in [3.05, 3.63) is 72.8 Å². The Bertz CT molecular complexity index is 1020. The second-order valence-corrected chi connectivity index (χ2v) is 33.8. The topological polar surface area (TPSA) is 0 Å². The first kappa shape index (κ1) is 32.1. The third kappa shape index (κ3) is 9.38. The van der Waals surface area contributed by atoms with Crippen molar-refractivity contribution in [2.24, 2.45) is 0 Å². The Morgan fingerprint density at radius 2 is 0.906 bits per heavy atom. The molecule has 0 aliphatic carbocycles. The summed E-state index contributed by atoms with van der Waals surface area (Å²) in [4.78, 5) is 0. The van der Waals surface area contributed by atoms with Gasteiger partial charge in [0.05, 0.1) is 0 Å². The van der Waals surface area contributed by atoms with E-state index in [1.54, 1.807) is 33.0 Å². The summed E-state index contributed by atoms with van der Waals surface area (Å²) in [7, 11) is 0. The van der Waals surface area contributed by atoms with Gasteiger partial charge in [0.15, 0.2) is 0 Å². The second kappa shape index (κ2) is 13.8. The number of fused-ring (bicyclic) bond motifs is 2. The van der Waals surface area contributed by atoms with Gasteiger partial charge in [-0.1, -0.05) is 0 Å². The van der Waals surface area contributed by atoms with Crippen LogP contribution in [0, 0.1) is 0 Å². The fraction of sp³-hybridized carbons (Fsp3) is 0.296. The first-order valence-electron chi connectivity index (χ1n) is 10.7. The molecule has 0 aliphatic rings. The van der Waals surface area contributed by atoms with Crippen LogP contribution in [0.15, 0.2) is 72.8 Å². The van der Waals surface area contributed by atoms with Crippen LogP contribution in [0.2, 0.25) is 34.5 Å². The van der Waals surface area contributed by atoms with E-state index in [0.717, 1.165) is 0 Å². The van der Waals surface area contributed by atoms with Crippen LogP contribution in [0.25, 0.3) is 21.5 Å². The van der Waals surface area contributed by atoms with E-state index in [-0.39, 0.29) is 24.8 Å². The van der Waals surface area contributed by atoms with Crippen molar-refractivity contribution in [1.82, 2.24) is 0 Å². The summed E-state index contributed by atoms with van der Waals surface area (Å²) >= 11 is -1.72. The summed E-state index contributed by atoms with van der Waals surface area (Å²) < 4.78 is 4.78. The Morgan fingerprint density at radius 3 is 1.19 bits per heavy atom. The van der Waals surface area contributed by atoms with E-state index in [1.807, 2.05) is 0 Å². The van der Waals surface area contributed by atoms with Crippen LogP contribution in [-0.4, -0.2) is 29.7 Å². The first-order chi connectivity index (χ1) is 13.9. The van der Waals surface area contributed by atoms with Gasteiger partial charge >= 0.3 is 205 Å². The molecule has 4 rings (SSSR count). The molecule has 0 atom stereocenters. The summed E-state index contributed by atoms with van der Waals surface area (Å²) in [5.41, 5.74) is 0. The van der Waals surface area contributed by atoms with E-state index in [4.69, 9.17) is 0 Å². The minimum absolute atomic E-state index is 0. The van der Waals surface area contributed by atoms with Crippen LogP contribution >= 0.6 is 24.8 Å². The summed E-state index contributed by atoms with van der Waals surface area (Å²) in [6.45, 7) is 4.25. The molecule has 0 radical (unpaired) electrons. The molecule has 0 N–H and O–H groups in total. The molecule has 5 heteroatoms. The Hall–Kier alpha value is 0.0788. The molecule has 0 saturated heterocycles. The van der Waals surface area contributed by atoms with Crippen LogP contribution in [-0.2, 0) is 24.2 Å². The van der Waals surface area contributed by atoms with Crippen LogP contribution in [0.3, 0.4) is 0 Å². The molecule has 0 saturated carbocycles. The normalized spacial score (nSPS) is 10.8. The van der Waals surface area contributed by atoms with E-state index in [9.17, 15) is 0 Å². The zero-order valence-corrected chi connectivity index (χ0v) is 29.0. The molecule has 0 spiro atoms. The summed E-state index contributed by atoms with van der Waals surface area (Å²) in [5.74, 6) is 14.7.